The van der Waals surface area contributed by atoms with Crippen LogP contribution in [0.15, 0.2) is 31.8 Å². The van der Waals surface area contributed by atoms with Gasteiger partial charge in [0.2, 0.25) is 0 Å². The van der Waals surface area contributed by atoms with Gasteiger partial charge in [-0.15, -0.1) is 22.7 Å². The first-order valence-electron chi connectivity index (χ1n) is 6.76. The summed E-state index contributed by atoms with van der Waals surface area (Å²) in [5.74, 6) is -6.34. The van der Waals surface area contributed by atoms with E-state index >= 15 is 0 Å². The van der Waals surface area contributed by atoms with E-state index in [1.807, 2.05) is 0 Å². The van der Waals surface area contributed by atoms with E-state index in [0.29, 0.717) is 17.3 Å². The fourth-order valence-electron chi connectivity index (χ4n) is 3.37. The highest BCUT2D eigenvalue weighted by molar-refractivity contribution is 9.11. The van der Waals surface area contributed by atoms with Gasteiger partial charge in [-0.2, -0.15) is 17.6 Å². The van der Waals surface area contributed by atoms with Crippen molar-refractivity contribution in [3.05, 3.63) is 54.1 Å². The molecule has 0 amide bonds. The molecule has 122 valence electrons. The molecule has 0 saturated carbocycles. The molecule has 1 aromatic carbocycles. The molecule has 24 heavy (non-hydrogen) atoms. The summed E-state index contributed by atoms with van der Waals surface area (Å²) in [5.41, 5.74) is -0.203. The minimum atomic E-state index is -3.17. The molecule has 2 aliphatic rings. The van der Waals surface area contributed by atoms with Gasteiger partial charge in [0.25, 0.3) is 0 Å². The van der Waals surface area contributed by atoms with Crippen molar-refractivity contribution >= 4 is 54.5 Å². The fraction of sp³-hybridized carbons (Fsp3) is 0.125. The summed E-state index contributed by atoms with van der Waals surface area (Å²) >= 11 is 8.69. The van der Waals surface area contributed by atoms with E-state index in [9.17, 15) is 17.6 Å². The van der Waals surface area contributed by atoms with E-state index in [1.54, 1.807) is 0 Å². The predicted molar refractivity (Wildman–Crippen MR) is 94.5 cm³/mol. The topological polar surface area (TPSA) is 0 Å². The Morgan fingerprint density at radius 3 is 1.38 bits per heavy atom. The number of alkyl halides is 4. The summed E-state index contributed by atoms with van der Waals surface area (Å²) in [5, 5.41) is 0. The number of rotatable bonds is 0. The van der Waals surface area contributed by atoms with Gasteiger partial charge in [-0.1, -0.05) is 0 Å². The minimum absolute atomic E-state index is 0.117. The van der Waals surface area contributed by atoms with Crippen molar-refractivity contribution in [3.63, 3.8) is 0 Å². The van der Waals surface area contributed by atoms with Gasteiger partial charge in [0.1, 0.15) is 0 Å². The number of fused-ring (bicyclic) bond motifs is 6. The highest BCUT2D eigenvalue weighted by Crippen LogP contribution is 2.61. The Morgan fingerprint density at radius 1 is 0.625 bits per heavy atom. The summed E-state index contributed by atoms with van der Waals surface area (Å²) in [4.78, 5) is 0.717. The maximum atomic E-state index is 14.8. The molecule has 2 aliphatic carbocycles. The molecular weight excluding hydrogens is 492 g/mol. The Hall–Kier alpha value is -0.700. The van der Waals surface area contributed by atoms with Crippen molar-refractivity contribution in [2.24, 2.45) is 0 Å². The zero-order valence-corrected chi connectivity index (χ0v) is 16.2. The van der Waals surface area contributed by atoms with Crippen molar-refractivity contribution in [3.8, 4) is 20.9 Å². The Bertz CT molecular complexity index is 965. The van der Waals surface area contributed by atoms with Crippen molar-refractivity contribution in [1.29, 1.82) is 0 Å². The van der Waals surface area contributed by atoms with Gasteiger partial charge in [0.15, 0.2) is 0 Å². The summed E-state index contributed by atoms with van der Waals surface area (Å²) in [6, 6.07) is 5.23. The summed E-state index contributed by atoms with van der Waals surface area (Å²) in [7, 11) is 0. The molecule has 0 unspecified atom stereocenters. The molecule has 0 aliphatic heterocycles. The Labute approximate surface area is 158 Å². The molecule has 2 heterocycles. The third-order valence-corrected chi connectivity index (χ3v) is 7.75. The van der Waals surface area contributed by atoms with E-state index in [2.05, 4.69) is 31.9 Å². The maximum Gasteiger partial charge on any atom is 0.300 e. The van der Waals surface area contributed by atoms with Crippen LogP contribution in [-0.2, 0) is 11.8 Å². The molecule has 0 saturated heterocycles. The predicted octanol–water partition coefficient (Wildman–Crippen LogP) is 7.58. The fourth-order valence-corrected chi connectivity index (χ4v) is 6.70. The highest BCUT2D eigenvalue weighted by Gasteiger charge is 2.51. The van der Waals surface area contributed by atoms with Gasteiger partial charge in [-0.25, -0.2) is 0 Å². The second-order valence-corrected chi connectivity index (χ2v) is 10.5. The van der Waals surface area contributed by atoms with E-state index in [1.165, 1.54) is 24.3 Å². The molecule has 0 spiro atoms. The van der Waals surface area contributed by atoms with Crippen LogP contribution in [0.4, 0.5) is 17.6 Å². The van der Waals surface area contributed by atoms with Crippen LogP contribution in [0.2, 0.25) is 0 Å². The molecule has 0 atom stereocenters. The van der Waals surface area contributed by atoms with Crippen LogP contribution in [-0.4, -0.2) is 0 Å². The van der Waals surface area contributed by atoms with E-state index in [4.69, 9.17) is 0 Å². The van der Waals surface area contributed by atoms with Crippen LogP contribution in [0.5, 0.6) is 0 Å². The molecule has 0 N–H and O–H groups in total. The van der Waals surface area contributed by atoms with E-state index < -0.39 is 11.8 Å². The monoisotopic (exact) mass is 494 g/mol. The molecule has 2 aromatic heterocycles. The minimum Gasteiger partial charge on any atom is -0.196 e. The molecule has 0 radical (unpaired) electrons. The molecule has 8 heteroatoms. The zero-order valence-electron chi connectivity index (χ0n) is 11.4. The smallest absolute Gasteiger partial charge is 0.196 e. The van der Waals surface area contributed by atoms with Gasteiger partial charge < -0.3 is 0 Å². The maximum absolute atomic E-state index is 14.8. The largest absolute Gasteiger partial charge is 0.300 e. The van der Waals surface area contributed by atoms with Crippen molar-refractivity contribution in [2.75, 3.05) is 0 Å². The number of benzene rings is 1. The molecular formula is C16H4Br2F4S2. The van der Waals surface area contributed by atoms with E-state index in [0.717, 1.165) is 22.7 Å². The lowest BCUT2D eigenvalue weighted by Crippen LogP contribution is -2.13. The van der Waals surface area contributed by atoms with Crippen molar-refractivity contribution < 1.29 is 17.6 Å². The quantitative estimate of drug-likeness (QED) is 0.282. The van der Waals surface area contributed by atoms with Crippen LogP contribution in [0.3, 0.4) is 0 Å². The van der Waals surface area contributed by atoms with Crippen LogP contribution in [0.25, 0.3) is 20.9 Å². The molecule has 5 rings (SSSR count). The Balaban J connectivity index is 1.86. The van der Waals surface area contributed by atoms with Gasteiger partial charge in [0.05, 0.1) is 7.57 Å². The first kappa shape index (κ1) is 15.5. The van der Waals surface area contributed by atoms with Crippen LogP contribution in [0, 0.1) is 0 Å². The number of thiophene rings is 2. The third kappa shape index (κ3) is 1.73. The average Bonchev–Trinajstić information content (AvgIpc) is 3.17. The lowest BCUT2D eigenvalue weighted by atomic mass is 9.99. The van der Waals surface area contributed by atoms with Crippen molar-refractivity contribution in [2.45, 2.75) is 11.8 Å². The van der Waals surface area contributed by atoms with Crippen molar-refractivity contribution in [1.82, 2.24) is 0 Å². The summed E-state index contributed by atoms with van der Waals surface area (Å²) in [6.45, 7) is 0. The highest BCUT2D eigenvalue weighted by atomic mass is 79.9. The van der Waals surface area contributed by atoms with E-state index in [-0.39, 0.29) is 33.4 Å². The Kier molecular flexibility index (Phi) is 2.93. The first-order chi connectivity index (χ1) is 11.2. The van der Waals surface area contributed by atoms with Crippen LogP contribution >= 0.6 is 54.5 Å². The number of hydrogen-bond donors (Lipinski definition) is 0. The normalized spacial score (nSPS) is 18.2. The molecule has 0 nitrogen and oxygen atoms in total. The first-order valence-corrected chi connectivity index (χ1v) is 9.98. The molecule has 3 aromatic rings. The third-order valence-electron chi connectivity index (χ3n) is 4.40. The molecule has 0 fully saturated rings. The zero-order chi connectivity index (χ0) is 17.0. The standard InChI is InChI=1S/C16H4Br2F4S2/c17-11-3-9-13(23-11)5-1-7-6(2-8(5)16(9,21)22)14-10(15(7,19)20)4-12(18)24-14/h1-4H. The number of halogens is 6. The SMILES string of the molecule is FC1(F)c2cc3c(cc2-c2sc(Br)cc21)C(F)(F)c1cc(Br)sc1-3. The van der Waals surface area contributed by atoms with Gasteiger partial charge in [0, 0.05) is 43.1 Å². The Morgan fingerprint density at radius 2 is 1.00 bits per heavy atom. The lowest BCUT2D eigenvalue weighted by Gasteiger charge is -2.15. The number of hydrogen-bond acceptors (Lipinski definition) is 2. The average molecular weight is 496 g/mol. The summed E-state index contributed by atoms with van der Waals surface area (Å²) in [6.07, 6.45) is 0. The molecule has 0 bridgehead atoms. The second kappa shape index (κ2) is 4.52. The second-order valence-electron chi connectivity index (χ2n) is 5.68. The van der Waals surface area contributed by atoms with Gasteiger partial charge >= 0.3 is 11.8 Å². The van der Waals surface area contributed by atoms with Crippen LogP contribution < -0.4 is 0 Å². The summed E-state index contributed by atoms with van der Waals surface area (Å²) < 4.78 is 60.2. The van der Waals surface area contributed by atoms with Gasteiger partial charge in [-0.05, 0) is 56.1 Å². The lowest BCUT2D eigenvalue weighted by molar-refractivity contribution is 0.0452. The van der Waals surface area contributed by atoms with Crippen LogP contribution in [0.1, 0.15) is 22.3 Å². The van der Waals surface area contributed by atoms with Gasteiger partial charge in [-0.3, -0.25) is 0 Å².